The fraction of sp³-hybridized carbons (Fsp3) is 0.700. The lowest BCUT2D eigenvalue weighted by Gasteiger charge is -2.23. The normalized spacial score (nSPS) is 14.5. The highest BCUT2D eigenvalue weighted by molar-refractivity contribution is 6.13. The highest BCUT2D eigenvalue weighted by atomic mass is 35.5. The highest BCUT2D eigenvalue weighted by Gasteiger charge is 2.17. The first kappa shape index (κ1) is 24.7. The molecule has 10 heteroatoms. The van der Waals surface area contributed by atoms with Gasteiger partial charge < -0.3 is 25.0 Å². The average molecular weight is 449 g/mol. The molecule has 1 aliphatic heterocycles. The number of carbonyl (C=O) groups is 1. The van der Waals surface area contributed by atoms with Crippen LogP contribution >= 0.6 is 11.9 Å². The van der Waals surface area contributed by atoms with E-state index in [2.05, 4.69) is 26.6 Å². The van der Waals surface area contributed by atoms with E-state index in [-0.39, 0.29) is 6.61 Å². The summed E-state index contributed by atoms with van der Waals surface area (Å²) in [7, 11) is 0. The molecule has 7 nitrogen and oxygen atoms in total. The number of ether oxygens (including phenoxy) is 1. The SMILES string of the molecule is N[C@@H](CCN(CCCCc1ccc2c(n1)NCCC2)CCOCC(F)F)C(=O)OCl. The van der Waals surface area contributed by atoms with Gasteiger partial charge in [0.1, 0.15) is 30.3 Å². The number of hydrogen-bond donors (Lipinski definition) is 2. The van der Waals surface area contributed by atoms with E-state index in [1.807, 2.05) is 0 Å². The Kier molecular flexibility index (Phi) is 11.3. The van der Waals surface area contributed by atoms with E-state index >= 15 is 0 Å². The molecule has 2 rings (SSSR count). The first-order valence-corrected chi connectivity index (χ1v) is 10.7. The zero-order valence-corrected chi connectivity index (χ0v) is 17.9. The monoisotopic (exact) mass is 448 g/mol. The molecule has 0 amide bonds. The van der Waals surface area contributed by atoms with Crippen molar-refractivity contribution in [2.24, 2.45) is 5.73 Å². The molecule has 0 aliphatic carbocycles. The van der Waals surface area contributed by atoms with E-state index in [0.717, 1.165) is 56.7 Å². The number of fused-ring (bicyclic) bond motifs is 1. The van der Waals surface area contributed by atoms with Crippen LogP contribution < -0.4 is 11.1 Å². The van der Waals surface area contributed by atoms with E-state index in [1.54, 1.807) is 0 Å². The molecular weight excluding hydrogens is 418 g/mol. The molecule has 1 aliphatic rings. The Balaban J connectivity index is 1.75. The van der Waals surface area contributed by atoms with Gasteiger partial charge in [0.05, 0.1) is 6.61 Å². The van der Waals surface area contributed by atoms with Gasteiger partial charge in [-0.3, -0.25) is 0 Å². The molecule has 1 aromatic heterocycles. The predicted molar refractivity (Wildman–Crippen MR) is 112 cm³/mol. The predicted octanol–water partition coefficient (Wildman–Crippen LogP) is 2.76. The molecule has 1 aromatic rings. The number of anilines is 1. The second kappa shape index (κ2) is 13.7. The van der Waals surface area contributed by atoms with Crippen molar-refractivity contribution in [3.05, 3.63) is 23.4 Å². The van der Waals surface area contributed by atoms with Crippen molar-refractivity contribution in [2.75, 3.05) is 44.7 Å². The van der Waals surface area contributed by atoms with Gasteiger partial charge in [-0.1, -0.05) is 6.07 Å². The smallest absolute Gasteiger partial charge is 0.341 e. The van der Waals surface area contributed by atoms with E-state index in [0.29, 0.717) is 19.5 Å². The van der Waals surface area contributed by atoms with E-state index in [1.165, 1.54) is 5.56 Å². The molecule has 0 saturated carbocycles. The average Bonchev–Trinajstić information content (AvgIpc) is 2.76. The summed E-state index contributed by atoms with van der Waals surface area (Å²) in [5, 5.41) is 3.34. The largest absolute Gasteiger partial charge is 0.374 e. The number of hydrogen-bond acceptors (Lipinski definition) is 7. The van der Waals surface area contributed by atoms with Gasteiger partial charge in [0.25, 0.3) is 6.43 Å². The van der Waals surface area contributed by atoms with Crippen molar-refractivity contribution in [3.8, 4) is 0 Å². The molecule has 0 aromatic carbocycles. The third-order valence-electron chi connectivity index (χ3n) is 5.04. The lowest BCUT2D eigenvalue weighted by molar-refractivity contribution is -0.135. The Hall–Kier alpha value is -1.55. The molecule has 30 heavy (non-hydrogen) atoms. The highest BCUT2D eigenvalue weighted by Crippen LogP contribution is 2.20. The molecule has 0 unspecified atom stereocenters. The maximum atomic E-state index is 12.2. The van der Waals surface area contributed by atoms with Crippen LogP contribution in [0.1, 0.15) is 36.9 Å². The third-order valence-corrected chi connectivity index (χ3v) is 5.19. The van der Waals surface area contributed by atoms with Crippen LogP contribution in [0.4, 0.5) is 14.6 Å². The van der Waals surface area contributed by atoms with Gasteiger partial charge in [-0.15, -0.1) is 0 Å². The standard InChI is InChI=1S/C20H31ClF2N4O3/c21-30-20(28)17(24)8-11-27(12-13-29-14-18(22)23)10-2-1-5-16-7-6-15-4-3-9-25-19(15)26-16/h6-7,17-18H,1-5,8-14,24H2,(H,25,26)/t17-/m0/s1. The molecule has 0 bridgehead atoms. The summed E-state index contributed by atoms with van der Waals surface area (Å²) in [6, 6.07) is 3.41. The van der Waals surface area contributed by atoms with Crippen LogP contribution in [0, 0.1) is 0 Å². The molecule has 2 heterocycles. The Morgan fingerprint density at radius 2 is 2.13 bits per heavy atom. The number of aromatic nitrogens is 1. The summed E-state index contributed by atoms with van der Waals surface area (Å²) in [5.74, 6) is 0.314. The lowest BCUT2D eigenvalue weighted by Crippen LogP contribution is -2.37. The second-order valence-corrected chi connectivity index (χ2v) is 7.55. The van der Waals surface area contributed by atoms with Crippen LogP contribution in [0.15, 0.2) is 12.1 Å². The minimum atomic E-state index is -2.48. The van der Waals surface area contributed by atoms with Crippen molar-refractivity contribution in [1.82, 2.24) is 9.88 Å². The van der Waals surface area contributed by atoms with Crippen LogP contribution in [0.5, 0.6) is 0 Å². The van der Waals surface area contributed by atoms with Gasteiger partial charge in [0.15, 0.2) is 0 Å². The number of carbonyl (C=O) groups excluding carboxylic acids is 1. The number of rotatable bonds is 14. The molecule has 0 spiro atoms. The first-order valence-electron chi connectivity index (χ1n) is 10.4. The molecule has 170 valence electrons. The summed E-state index contributed by atoms with van der Waals surface area (Å²) < 4.78 is 33.6. The first-order chi connectivity index (χ1) is 14.5. The van der Waals surface area contributed by atoms with Crippen LogP contribution in [0.25, 0.3) is 0 Å². The van der Waals surface area contributed by atoms with E-state index in [9.17, 15) is 13.6 Å². The van der Waals surface area contributed by atoms with Gasteiger partial charge >= 0.3 is 5.97 Å². The van der Waals surface area contributed by atoms with Crippen LogP contribution in [-0.2, 0) is 26.7 Å². The van der Waals surface area contributed by atoms with E-state index in [4.69, 9.17) is 27.3 Å². The number of pyridine rings is 1. The Labute approximate surface area is 181 Å². The summed E-state index contributed by atoms with van der Waals surface area (Å²) >= 11 is 5.05. The molecule has 0 saturated heterocycles. The Bertz CT molecular complexity index is 654. The second-order valence-electron chi connectivity index (χ2n) is 7.40. The van der Waals surface area contributed by atoms with Crippen molar-refractivity contribution < 1.29 is 22.6 Å². The van der Waals surface area contributed by atoms with Crippen molar-refractivity contribution in [1.29, 1.82) is 0 Å². The topological polar surface area (TPSA) is 89.7 Å². The number of nitrogens with one attached hydrogen (secondary N) is 1. The van der Waals surface area contributed by atoms with E-state index < -0.39 is 25.0 Å². The van der Waals surface area contributed by atoms with Gasteiger partial charge in [0.2, 0.25) is 0 Å². The minimum absolute atomic E-state index is 0.192. The molecule has 0 fully saturated rings. The van der Waals surface area contributed by atoms with Crippen LogP contribution in [0.3, 0.4) is 0 Å². The Morgan fingerprint density at radius 3 is 2.90 bits per heavy atom. The van der Waals surface area contributed by atoms with Crippen molar-refractivity contribution in [2.45, 2.75) is 51.0 Å². The van der Waals surface area contributed by atoms with Crippen molar-refractivity contribution >= 4 is 23.7 Å². The summed E-state index contributed by atoms with van der Waals surface area (Å²) in [5.41, 5.74) is 8.05. The van der Waals surface area contributed by atoms with Crippen molar-refractivity contribution in [3.63, 3.8) is 0 Å². The van der Waals surface area contributed by atoms with Gasteiger partial charge in [-0.2, -0.15) is 0 Å². The molecule has 3 N–H and O–H groups in total. The van der Waals surface area contributed by atoms with Gasteiger partial charge in [-0.05, 0) is 56.7 Å². The maximum Gasteiger partial charge on any atom is 0.341 e. The summed E-state index contributed by atoms with van der Waals surface area (Å²) in [4.78, 5) is 18.1. The molecule has 1 atom stereocenters. The summed E-state index contributed by atoms with van der Waals surface area (Å²) in [6.45, 7) is 2.32. The van der Waals surface area contributed by atoms with Crippen LogP contribution in [0.2, 0.25) is 0 Å². The quantitative estimate of drug-likeness (QED) is 0.423. The number of halogens is 3. The Morgan fingerprint density at radius 1 is 1.30 bits per heavy atom. The molecule has 0 radical (unpaired) electrons. The van der Waals surface area contributed by atoms with Gasteiger partial charge in [0, 0.05) is 25.3 Å². The number of aryl methyl sites for hydroxylation is 2. The number of nitrogens with two attached hydrogens (primary N) is 1. The molecular formula is C20H31ClF2N4O3. The van der Waals surface area contributed by atoms with Crippen LogP contribution in [-0.4, -0.2) is 67.7 Å². The third kappa shape index (κ3) is 9.07. The zero-order chi connectivity index (χ0) is 21.8. The van der Waals surface area contributed by atoms with Gasteiger partial charge in [-0.25, -0.2) is 18.6 Å². The summed E-state index contributed by atoms with van der Waals surface area (Å²) in [6.07, 6.45) is 2.78. The number of alkyl halides is 2. The fourth-order valence-corrected chi connectivity index (χ4v) is 3.46. The lowest BCUT2D eigenvalue weighted by atomic mass is 10.1. The minimum Gasteiger partial charge on any atom is -0.374 e. The fourth-order valence-electron chi connectivity index (χ4n) is 3.35. The maximum absolute atomic E-state index is 12.2. The number of unbranched alkanes of at least 4 members (excludes halogenated alkanes) is 1. The zero-order valence-electron chi connectivity index (χ0n) is 17.1. The number of nitrogens with zero attached hydrogens (tertiary/aromatic N) is 2.